The van der Waals surface area contributed by atoms with Gasteiger partial charge in [-0.25, -0.2) is 8.42 Å². The molecule has 0 aliphatic rings. The van der Waals surface area contributed by atoms with Crippen molar-refractivity contribution < 1.29 is 17.9 Å². The molecule has 0 heterocycles. The van der Waals surface area contributed by atoms with Gasteiger partial charge in [0.05, 0.1) is 12.0 Å². The number of aryl methyl sites for hydroxylation is 1. The molecule has 0 bridgehead atoms. The van der Waals surface area contributed by atoms with Crippen molar-refractivity contribution in [3.05, 3.63) is 52.5 Å². The number of benzene rings is 2. The number of likely N-dealkylation sites (N-methyl/N-ethyl adjacent to an activating group) is 1. The Kier molecular flexibility index (Phi) is 6.26. The van der Waals surface area contributed by atoms with Crippen LogP contribution in [0.1, 0.15) is 5.56 Å². The third kappa shape index (κ3) is 4.49. The monoisotopic (exact) mass is 413 g/mol. The number of methoxy groups -OCH3 is 1. The van der Waals surface area contributed by atoms with Crippen molar-refractivity contribution in [1.82, 2.24) is 4.31 Å². The minimum Gasteiger partial charge on any atom is -0.497 e. The van der Waals surface area contributed by atoms with E-state index < -0.39 is 10.0 Å². The largest absolute Gasteiger partial charge is 0.497 e. The SMILES string of the molecule is COc1ccc(OCCN(C)S(=O)(=O)c2cc(Br)ccc2C)cc1. The molecular formula is C17H20BrNO4S. The molecule has 0 amide bonds. The van der Waals surface area contributed by atoms with Gasteiger partial charge in [0.1, 0.15) is 18.1 Å². The summed E-state index contributed by atoms with van der Waals surface area (Å²) >= 11 is 3.31. The topological polar surface area (TPSA) is 55.8 Å². The number of sulfonamides is 1. The Morgan fingerprint density at radius 3 is 2.33 bits per heavy atom. The fraction of sp³-hybridized carbons (Fsp3) is 0.294. The molecule has 0 saturated carbocycles. The van der Waals surface area contributed by atoms with E-state index in [0.717, 1.165) is 10.2 Å². The molecule has 0 radical (unpaired) electrons. The number of halogens is 1. The van der Waals surface area contributed by atoms with Gasteiger partial charge in [0.25, 0.3) is 0 Å². The molecule has 0 atom stereocenters. The standard InChI is InChI=1S/C17H20BrNO4S/c1-13-4-5-14(18)12-17(13)24(20,21)19(2)10-11-23-16-8-6-15(22-3)7-9-16/h4-9,12H,10-11H2,1-3H3. The van der Waals surface area contributed by atoms with Crippen LogP contribution in [0.5, 0.6) is 11.5 Å². The van der Waals surface area contributed by atoms with E-state index >= 15 is 0 Å². The minimum absolute atomic E-state index is 0.250. The lowest BCUT2D eigenvalue weighted by Crippen LogP contribution is -2.31. The van der Waals surface area contributed by atoms with Crippen molar-refractivity contribution in [3.8, 4) is 11.5 Å². The molecule has 0 N–H and O–H groups in total. The normalized spacial score (nSPS) is 11.5. The van der Waals surface area contributed by atoms with Crippen LogP contribution in [0.25, 0.3) is 0 Å². The van der Waals surface area contributed by atoms with Crippen molar-refractivity contribution in [2.45, 2.75) is 11.8 Å². The molecular weight excluding hydrogens is 394 g/mol. The molecule has 2 aromatic rings. The Bertz CT molecular complexity index is 791. The molecule has 0 fully saturated rings. The average molecular weight is 414 g/mol. The van der Waals surface area contributed by atoms with Crippen molar-refractivity contribution in [2.24, 2.45) is 0 Å². The van der Waals surface area contributed by atoms with E-state index in [2.05, 4.69) is 15.9 Å². The van der Waals surface area contributed by atoms with Gasteiger partial charge in [-0.05, 0) is 48.9 Å². The predicted molar refractivity (Wildman–Crippen MR) is 97.2 cm³/mol. The first-order valence-electron chi connectivity index (χ1n) is 7.34. The summed E-state index contributed by atoms with van der Waals surface area (Å²) in [5.41, 5.74) is 0.709. The summed E-state index contributed by atoms with van der Waals surface area (Å²) < 4.78 is 38.0. The van der Waals surface area contributed by atoms with Crippen LogP contribution in [0.4, 0.5) is 0 Å². The first kappa shape index (κ1) is 18.8. The van der Waals surface area contributed by atoms with Gasteiger partial charge in [0.2, 0.25) is 10.0 Å². The molecule has 0 aliphatic heterocycles. The highest BCUT2D eigenvalue weighted by Gasteiger charge is 2.22. The van der Waals surface area contributed by atoms with Crippen LogP contribution >= 0.6 is 15.9 Å². The molecule has 2 aromatic carbocycles. The molecule has 130 valence electrons. The lowest BCUT2D eigenvalue weighted by atomic mass is 10.2. The molecule has 0 spiro atoms. The third-order valence-electron chi connectivity index (χ3n) is 3.57. The van der Waals surface area contributed by atoms with E-state index in [4.69, 9.17) is 9.47 Å². The van der Waals surface area contributed by atoms with Gasteiger partial charge in [-0.3, -0.25) is 0 Å². The maximum atomic E-state index is 12.7. The Morgan fingerprint density at radius 2 is 1.71 bits per heavy atom. The number of hydrogen-bond acceptors (Lipinski definition) is 4. The van der Waals surface area contributed by atoms with Crippen LogP contribution in [0.3, 0.4) is 0 Å². The average Bonchev–Trinajstić information content (AvgIpc) is 2.57. The van der Waals surface area contributed by atoms with Crippen molar-refractivity contribution in [2.75, 3.05) is 27.3 Å². The van der Waals surface area contributed by atoms with E-state index in [0.29, 0.717) is 16.2 Å². The highest BCUT2D eigenvalue weighted by Crippen LogP contribution is 2.23. The summed E-state index contributed by atoms with van der Waals surface area (Å²) in [5.74, 6) is 1.41. The molecule has 2 rings (SSSR count). The second kappa shape index (κ2) is 8.00. The summed E-state index contributed by atoms with van der Waals surface area (Å²) in [6.07, 6.45) is 0. The Hall–Kier alpha value is -1.57. The quantitative estimate of drug-likeness (QED) is 0.697. The summed E-state index contributed by atoms with van der Waals surface area (Å²) in [4.78, 5) is 0.295. The molecule has 0 saturated heterocycles. The van der Waals surface area contributed by atoms with Gasteiger partial charge in [0, 0.05) is 18.1 Å². The van der Waals surface area contributed by atoms with Gasteiger partial charge < -0.3 is 9.47 Å². The van der Waals surface area contributed by atoms with Crippen LogP contribution in [0.15, 0.2) is 51.8 Å². The van der Waals surface area contributed by atoms with Crippen LogP contribution in [0.2, 0.25) is 0 Å². The van der Waals surface area contributed by atoms with Gasteiger partial charge in [-0.15, -0.1) is 0 Å². The van der Waals surface area contributed by atoms with E-state index in [9.17, 15) is 8.42 Å². The zero-order chi connectivity index (χ0) is 17.7. The molecule has 0 aliphatic carbocycles. The number of ether oxygens (including phenoxy) is 2. The van der Waals surface area contributed by atoms with Crippen LogP contribution in [-0.2, 0) is 10.0 Å². The molecule has 0 aromatic heterocycles. The number of nitrogens with zero attached hydrogens (tertiary/aromatic N) is 1. The molecule has 5 nitrogen and oxygen atoms in total. The zero-order valence-corrected chi connectivity index (χ0v) is 16.2. The van der Waals surface area contributed by atoms with Gasteiger partial charge >= 0.3 is 0 Å². The summed E-state index contributed by atoms with van der Waals surface area (Å²) in [5, 5.41) is 0. The van der Waals surface area contributed by atoms with Crippen molar-refractivity contribution >= 4 is 26.0 Å². The van der Waals surface area contributed by atoms with Gasteiger partial charge in [0.15, 0.2) is 0 Å². The maximum absolute atomic E-state index is 12.7. The van der Waals surface area contributed by atoms with E-state index in [1.165, 1.54) is 4.31 Å². The lowest BCUT2D eigenvalue weighted by Gasteiger charge is -2.19. The van der Waals surface area contributed by atoms with Crippen molar-refractivity contribution in [3.63, 3.8) is 0 Å². The number of rotatable bonds is 7. The first-order chi connectivity index (χ1) is 11.3. The van der Waals surface area contributed by atoms with Crippen molar-refractivity contribution in [1.29, 1.82) is 0 Å². The Morgan fingerprint density at radius 1 is 1.08 bits per heavy atom. The van der Waals surface area contributed by atoms with E-state index in [-0.39, 0.29) is 13.2 Å². The fourth-order valence-electron chi connectivity index (χ4n) is 2.10. The first-order valence-corrected chi connectivity index (χ1v) is 9.57. The third-order valence-corrected chi connectivity index (χ3v) is 6.06. The zero-order valence-electron chi connectivity index (χ0n) is 13.8. The lowest BCUT2D eigenvalue weighted by molar-refractivity contribution is 0.286. The Labute approximate surface area is 151 Å². The number of hydrogen-bond donors (Lipinski definition) is 0. The molecule has 0 unspecified atom stereocenters. The summed E-state index contributed by atoms with van der Waals surface area (Å²) in [7, 11) is -0.408. The highest BCUT2D eigenvalue weighted by molar-refractivity contribution is 9.10. The minimum atomic E-state index is -3.55. The van der Waals surface area contributed by atoms with E-state index in [1.807, 2.05) is 6.07 Å². The smallest absolute Gasteiger partial charge is 0.243 e. The summed E-state index contributed by atoms with van der Waals surface area (Å²) in [6.45, 7) is 2.29. The Balaban J connectivity index is 2.00. The second-order valence-electron chi connectivity index (χ2n) is 5.26. The second-order valence-corrected chi connectivity index (χ2v) is 8.19. The fourth-order valence-corrected chi connectivity index (χ4v) is 4.02. The van der Waals surface area contributed by atoms with Gasteiger partial charge in [-0.2, -0.15) is 4.31 Å². The molecule has 7 heteroatoms. The van der Waals surface area contributed by atoms with Crippen LogP contribution < -0.4 is 9.47 Å². The summed E-state index contributed by atoms with van der Waals surface area (Å²) in [6, 6.07) is 12.4. The van der Waals surface area contributed by atoms with Crippen LogP contribution in [-0.4, -0.2) is 40.0 Å². The van der Waals surface area contributed by atoms with Gasteiger partial charge in [-0.1, -0.05) is 22.0 Å². The van der Waals surface area contributed by atoms with Crippen LogP contribution in [0, 0.1) is 6.92 Å². The maximum Gasteiger partial charge on any atom is 0.243 e. The highest BCUT2D eigenvalue weighted by atomic mass is 79.9. The van der Waals surface area contributed by atoms with E-state index in [1.54, 1.807) is 57.5 Å². The molecule has 24 heavy (non-hydrogen) atoms. The predicted octanol–water partition coefficient (Wildman–Crippen LogP) is 3.47.